The Balaban J connectivity index is 4.35. The summed E-state index contributed by atoms with van der Waals surface area (Å²) in [5.41, 5.74) is 0. The standard InChI is InChI=1S/C61H108O6/c1-4-7-10-13-16-19-22-24-26-28-29-30-31-33-34-36-39-42-45-48-51-54-60(63)66-57-58(56-65-59(62)53-50-47-44-41-38-21-18-15-12-9-6-3)67-61(64)55-52-49-46-43-40-37-35-32-27-25-23-20-17-14-11-8-5-2/h15,18,22,24-25,27-29,31,33,58H,4-14,16-17,19-21,23,26,30,32,34-57H2,1-3H3/b18-15-,24-22-,27-25-,29-28-,33-31-. The molecular formula is C61H108O6. The van der Waals surface area contributed by atoms with E-state index in [0.29, 0.717) is 19.3 Å². The van der Waals surface area contributed by atoms with Crippen LogP contribution in [0.4, 0.5) is 0 Å². The molecule has 6 nitrogen and oxygen atoms in total. The molecule has 0 rings (SSSR count). The summed E-state index contributed by atoms with van der Waals surface area (Å²) in [6.07, 6.45) is 69.2. The summed E-state index contributed by atoms with van der Waals surface area (Å²) in [5, 5.41) is 0. The van der Waals surface area contributed by atoms with Crippen molar-refractivity contribution >= 4 is 17.9 Å². The number of unbranched alkanes of at least 4 members (excludes halogenated alkanes) is 31. The van der Waals surface area contributed by atoms with Gasteiger partial charge in [-0.15, -0.1) is 0 Å². The zero-order valence-electron chi connectivity index (χ0n) is 44.4. The average Bonchev–Trinajstić information content (AvgIpc) is 3.33. The highest BCUT2D eigenvalue weighted by Gasteiger charge is 2.19. The summed E-state index contributed by atoms with van der Waals surface area (Å²) in [4.78, 5) is 38.1. The monoisotopic (exact) mass is 937 g/mol. The van der Waals surface area contributed by atoms with Gasteiger partial charge < -0.3 is 14.2 Å². The molecule has 67 heavy (non-hydrogen) atoms. The largest absolute Gasteiger partial charge is 0.462 e. The van der Waals surface area contributed by atoms with Gasteiger partial charge in [0.05, 0.1) is 0 Å². The van der Waals surface area contributed by atoms with Crippen molar-refractivity contribution in [1.82, 2.24) is 0 Å². The molecule has 0 bridgehead atoms. The molecule has 0 aliphatic heterocycles. The van der Waals surface area contributed by atoms with Crippen LogP contribution >= 0.6 is 0 Å². The number of ether oxygens (including phenoxy) is 3. The summed E-state index contributed by atoms with van der Waals surface area (Å²) in [6, 6.07) is 0. The first-order chi connectivity index (χ1) is 33.0. The van der Waals surface area contributed by atoms with Crippen molar-refractivity contribution in [1.29, 1.82) is 0 Å². The predicted molar refractivity (Wildman–Crippen MR) is 288 cm³/mol. The molecule has 1 atom stereocenters. The quantitative estimate of drug-likeness (QED) is 0.0262. The molecule has 6 heteroatoms. The second-order valence-corrected chi connectivity index (χ2v) is 19.2. The van der Waals surface area contributed by atoms with Crippen molar-refractivity contribution in [2.45, 2.75) is 297 Å². The molecule has 0 saturated carbocycles. The number of allylic oxidation sites excluding steroid dienone is 10. The molecule has 0 aromatic carbocycles. The molecule has 0 radical (unpaired) electrons. The minimum absolute atomic E-state index is 0.0840. The third kappa shape index (κ3) is 53.9. The minimum Gasteiger partial charge on any atom is -0.462 e. The lowest BCUT2D eigenvalue weighted by atomic mass is 10.1. The third-order valence-electron chi connectivity index (χ3n) is 12.5. The molecular weight excluding hydrogens is 829 g/mol. The Hall–Kier alpha value is -2.89. The van der Waals surface area contributed by atoms with E-state index in [1.54, 1.807) is 0 Å². The molecule has 0 spiro atoms. The van der Waals surface area contributed by atoms with Gasteiger partial charge in [0, 0.05) is 19.3 Å². The highest BCUT2D eigenvalue weighted by atomic mass is 16.6. The van der Waals surface area contributed by atoms with E-state index in [4.69, 9.17) is 14.2 Å². The van der Waals surface area contributed by atoms with Gasteiger partial charge in [0.1, 0.15) is 13.2 Å². The maximum Gasteiger partial charge on any atom is 0.306 e. The molecule has 0 aromatic rings. The van der Waals surface area contributed by atoms with E-state index >= 15 is 0 Å². The van der Waals surface area contributed by atoms with E-state index in [9.17, 15) is 14.4 Å². The van der Waals surface area contributed by atoms with E-state index in [1.807, 2.05) is 0 Å². The van der Waals surface area contributed by atoms with Crippen molar-refractivity contribution in [3.05, 3.63) is 60.8 Å². The molecule has 0 heterocycles. The van der Waals surface area contributed by atoms with Gasteiger partial charge in [-0.3, -0.25) is 14.4 Å². The number of hydrogen-bond acceptors (Lipinski definition) is 6. The molecule has 0 aromatic heterocycles. The average molecular weight is 938 g/mol. The fourth-order valence-electron chi connectivity index (χ4n) is 8.07. The molecule has 388 valence electrons. The number of carbonyl (C=O) groups is 3. The topological polar surface area (TPSA) is 78.9 Å². The lowest BCUT2D eigenvalue weighted by Gasteiger charge is -2.18. The summed E-state index contributed by atoms with van der Waals surface area (Å²) in [7, 11) is 0. The highest BCUT2D eigenvalue weighted by molar-refractivity contribution is 5.71. The lowest BCUT2D eigenvalue weighted by Crippen LogP contribution is -2.30. The third-order valence-corrected chi connectivity index (χ3v) is 12.5. The van der Waals surface area contributed by atoms with Crippen LogP contribution in [0.2, 0.25) is 0 Å². The normalized spacial score (nSPS) is 12.5. The second-order valence-electron chi connectivity index (χ2n) is 19.2. The fourth-order valence-corrected chi connectivity index (χ4v) is 8.07. The Morgan fingerprint density at radius 2 is 0.552 bits per heavy atom. The number of esters is 3. The second kappa shape index (κ2) is 55.7. The molecule has 0 N–H and O–H groups in total. The Labute approximate surface area is 415 Å². The summed E-state index contributed by atoms with van der Waals surface area (Å²) >= 11 is 0. The van der Waals surface area contributed by atoms with Crippen LogP contribution in [0, 0.1) is 0 Å². The van der Waals surface area contributed by atoms with Gasteiger partial charge in [-0.1, -0.05) is 229 Å². The molecule has 0 fully saturated rings. The Morgan fingerprint density at radius 1 is 0.299 bits per heavy atom. The van der Waals surface area contributed by atoms with Crippen LogP contribution in [0.1, 0.15) is 290 Å². The van der Waals surface area contributed by atoms with Crippen LogP contribution in [-0.2, 0) is 28.6 Å². The molecule has 0 amide bonds. The van der Waals surface area contributed by atoms with Crippen molar-refractivity contribution in [2.24, 2.45) is 0 Å². The van der Waals surface area contributed by atoms with Gasteiger partial charge in [0.15, 0.2) is 6.10 Å². The first-order valence-electron chi connectivity index (χ1n) is 28.8. The maximum absolute atomic E-state index is 12.8. The van der Waals surface area contributed by atoms with Crippen LogP contribution in [0.15, 0.2) is 60.8 Å². The smallest absolute Gasteiger partial charge is 0.306 e. The first kappa shape index (κ1) is 64.1. The van der Waals surface area contributed by atoms with Gasteiger partial charge in [-0.25, -0.2) is 0 Å². The maximum atomic E-state index is 12.8. The number of carbonyl (C=O) groups excluding carboxylic acids is 3. The van der Waals surface area contributed by atoms with Crippen LogP contribution < -0.4 is 0 Å². The summed E-state index contributed by atoms with van der Waals surface area (Å²) < 4.78 is 16.8. The zero-order chi connectivity index (χ0) is 48.6. The van der Waals surface area contributed by atoms with Gasteiger partial charge in [-0.2, -0.15) is 0 Å². The zero-order valence-corrected chi connectivity index (χ0v) is 44.4. The van der Waals surface area contributed by atoms with E-state index in [-0.39, 0.29) is 31.1 Å². The van der Waals surface area contributed by atoms with Gasteiger partial charge in [0.25, 0.3) is 0 Å². The van der Waals surface area contributed by atoms with E-state index < -0.39 is 6.10 Å². The van der Waals surface area contributed by atoms with Crippen molar-refractivity contribution < 1.29 is 28.6 Å². The minimum atomic E-state index is -0.785. The predicted octanol–water partition coefficient (Wildman–Crippen LogP) is 19.2. The first-order valence-corrected chi connectivity index (χ1v) is 28.8. The van der Waals surface area contributed by atoms with Crippen LogP contribution in [0.5, 0.6) is 0 Å². The Kier molecular flexibility index (Phi) is 53.3. The van der Waals surface area contributed by atoms with Crippen molar-refractivity contribution in [2.75, 3.05) is 13.2 Å². The highest BCUT2D eigenvalue weighted by Crippen LogP contribution is 2.15. The number of rotatable bonds is 52. The molecule has 0 aliphatic carbocycles. The van der Waals surface area contributed by atoms with E-state index in [2.05, 4.69) is 81.5 Å². The van der Waals surface area contributed by atoms with Crippen molar-refractivity contribution in [3.8, 4) is 0 Å². The molecule has 0 aliphatic rings. The molecule has 1 unspecified atom stereocenters. The van der Waals surface area contributed by atoms with Crippen molar-refractivity contribution in [3.63, 3.8) is 0 Å². The van der Waals surface area contributed by atoms with E-state index in [0.717, 1.165) is 83.5 Å². The summed E-state index contributed by atoms with van der Waals surface area (Å²) in [6.45, 7) is 6.58. The van der Waals surface area contributed by atoms with Gasteiger partial charge in [-0.05, 0) is 103 Å². The fraction of sp³-hybridized carbons (Fsp3) is 0.787. The van der Waals surface area contributed by atoms with Crippen LogP contribution in [0.3, 0.4) is 0 Å². The lowest BCUT2D eigenvalue weighted by molar-refractivity contribution is -0.167. The van der Waals surface area contributed by atoms with E-state index in [1.165, 1.54) is 167 Å². The van der Waals surface area contributed by atoms with Gasteiger partial charge in [0.2, 0.25) is 0 Å². The Morgan fingerprint density at radius 3 is 0.896 bits per heavy atom. The summed E-state index contributed by atoms with van der Waals surface area (Å²) in [5.74, 6) is -0.901. The van der Waals surface area contributed by atoms with Gasteiger partial charge >= 0.3 is 17.9 Å². The number of hydrogen-bond donors (Lipinski definition) is 0. The Bertz CT molecular complexity index is 1210. The molecule has 0 saturated heterocycles. The van der Waals surface area contributed by atoms with Crippen LogP contribution in [0.25, 0.3) is 0 Å². The SMILES string of the molecule is CCCC/C=C\CCCCCCCC(=O)OCC(COC(=O)CCCCCCCC/C=C\C/C=C\C/C=C\CCCCCCC)OC(=O)CCCCCCCCC/C=C\CCCCCCCC. The van der Waals surface area contributed by atoms with Crippen LogP contribution in [-0.4, -0.2) is 37.2 Å².